The predicted octanol–water partition coefficient (Wildman–Crippen LogP) is 11.1. The van der Waals surface area contributed by atoms with Crippen LogP contribution in [0.2, 0.25) is 0 Å². The van der Waals surface area contributed by atoms with Crippen LogP contribution in [0.25, 0.3) is 76.9 Å². The van der Waals surface area contributed by atoms with Crippen LogP contribution >= 0.6 is 11.3 Å². The number of hydrogen-bond donors (Lipinski definition) is 0. The fourth-order valence-corrected chi connectivity index (χ4v) is 6.68. The Balaban J connectivity index is 1.20. The zero-order chi connectivity index (χ0) is 30.0. The molecular formula is C41H27N3S. The zero-order valence-electron chi connectivity index (χ0n) is 24.3. The summed E-state index contributed by atoms with van der Waals surface area (Å²) in [6, 6.07) is 57.1. The summed E-state index contributed by atoms with van der Waals surface area (Å²) in [4.78, 5) is 15.9. The van der Waals surface area contributed by atoms with Crippen LogP contribution in [-0.4, -0.2) is 15.0 Å². The number of thiophene rings is 1. The van der Waals surface area contributed by atoms with Gasteiger partial charge in [-0.1, -0.05) is 146 Å². The van der Waals surface area contributed by atoms with Crippen LogP contribution < -0.4 is 0 Å². The quantitative estimate of drug-likeness (QED) is 0.192. The molecule has 0 saturated heterocycles. The first-order valence-corrected chi connectivity index (χ1v) is 15.8. The van der Waals surface area contributed by atoms with E-state index in [-0.39, 0.29) is 0 Å². The van der Waals surface area contributed by atoms with Crippen molar-refractivity contribution in [2.24, 2.45) is 0 Å². The highest BCUT2D eigenvalue weighted by atomic mass is 32.1. The van der Waals surface area contributed by atoms with E-state index < -0.39 is 0 Å². The number of fused-ring (bicyclic) bond motifs is 1. The van der Waals surface area contributed by atoms with Crippen LogP contribution in [0.4, 0.5) is 0 Å². The molecule has 0 radical (unpaired) electrons. The molecule has 0 bridgehead atoms. The fourth-order valence-electron chi connectivity index (χ4n) is 5.69. The summed E-state index contributed by atoms with van der Waals surface area (Å²) in [6.45, 7) is 0. The molecule has 0 aliphatic rings. The minimum atomic E-state index is 0.659. The van der Waals surface area contributed by atoms with Gasteiger partial charge in [0.25, 0.3) is 0 Å². The van der Waals surface area contributed by atoms with Crippen molar-refractivity contribution in [3.63, 3.8) is 0 Å². The lowest BCUT2D eigenvalue weighted by molar-refractivity contribution is 1.08. The number of rotatable bonds is 6. The van der Waals surface area contributed by atoms with E-state index in [1.54, 1.807) is 11.3 Å². The van der Waals surface area contributed by atoms with Crippen molar-refractivity contribution in [3.8, 4) is 66.9 Å². The first-order valence-electron chi connectivity index (χ1n) is 14.9. The van der Waals surface area contributed by atoms with Gasteiger partial charge in [0, 0.05) is 15.8 Å². The topological polar surface area (TPSA) is 38.7 Å². The number of benzene rings is 6. The Bertz CT molecular complexity index is 2210. The molecule has 0 N–H and O–H groups in total. The Hall–Kier alpha value is -5.71. The molecule has 45 heavy (non-hydrogen) atoms. The third kappa shape index (κ3) is 5.44. The van der Waals surface area contributed by atoms with Crippen LogP contribution in [0.3, 0.4) is 0 Å². The number of aromatic nitrogens is 3. The van der Waals surface area contributed by atoms with Gasteiger partial charge in [-0.2, -0.15) is 0 Å². The molecule has 8 aromatic rings. The number of nitrogens with zero attached hydrogens (tertiary/aromatic N) is 3. The van der Waals surface area contributed by atoms with Gasteiger partial charge in [-0.15, -0.1) is 11.3 Å². The smallest absolute Gasteiger partial charge is 0.174 e. The highest BCUT2D eigenvalue weighted by Crippen LogP contribution is 2.37. The minimum Gasteiger partial charge on any atom is -0.208 e. The Kier molecular flexibility index (Phi) is 7.02. The summed E-state index contributed by atoms with van der Waals surface area (Å²) < 4.78 is 1.22. The minimum absolute atomic E-state index is 0.659. The van der Waals surface area contributed by atoms with Crippen molar-refractivity contribution in [3.05, 3.63) is 164 Å². The van der Waals surface area contributed by atoms with Gasteiger partial charge in [0.05, 0.1) is 4.88 Å². The summed E-state index contributed by atoms with van der Waals surface area (Å²) in [5.41, 5.74) is 9.04. The van der Waals surface area contributed by atoms with Crippen molar-refractivity contribution in [2.75, 3.05) is 0 Å². The second-order valence-electron chi connectivity index (χ2n) is 10.9. The maximum absolute atomic E-state index is 4.98. The van der Waals surface area contributed by atoms with Crippen LogP contribution in [0.1, 0.15) is 0 Å². The molecule has 0 spiro atoms. The van der Waals surface area contributed by atoms with Crippen molar-refractivity contribution in [1.29, 1.82) is 0 Å². The molecule has 0 amide bonds. The average Bonchev–Trinajstić information content (AvgIpc) is 3.57. The molecule has 0 aliphatic carbocycles. The van der Waals surface area contributed by atoms with E-state index in [0.29, 0.717) is 17.5 Å². The fraction of sp³-hybridized carbons (Fsp3) is 0. The van der Waals surface area contributed by atoms with Crippen molar-refractivity contribution >= 4 is 21.4 Å². The normalized spacial score (nSPS) is 11.1. The SMILES string of the molecule is c1ccc(-c2nc(-c3ccc(-c4ccc(-c5ccccc5)c(-c5ccccc5)c4)cc3)nc(-c3cc4ccccc4s3)n2)cc1. The van der Waals surface area contributed by atoms with E-state index >= 15 is 0 Å². The monoisotopic (exact) mass is 593 g/mol. The maximum Gasteiger partial charge on any atom is 0.174 e. The molecule has 8 rings (SSSR count). The molecule has 0 fully saturated rings. The summed E-state index contributed by atoms with van der Waals surface area (Å²) in [5, 5.41) is 1.19. The molecule has 0 atom stereocenters. The van der Waals surface area contributed by atoms with Gasteiger partial charge in [0.15, 0.2) is 17.5 Å². The Morgan fingerprint density at radius 2 is 0.822 bits per heavy atom. The van der Waals surface area contributed by atoms with Crippen LogP contribution in [0.5, 0.6) is 0 Å². The van der Waals surface area contributed by atoms with E-state index in [1.807, 2.05) is 30.3 Å². The molecular weight excluding hydrogens is 567 g/mol. The van der Waals surface area contributed by atoms with Crippen LogP contribution in [0, 0.1) is 0 Å². The van der Waals surface area contributed by atoms with Gasteiger partial charge in [0.2, 0.25) is 0 Å². The second-order valence-corrected chi connectivity index (χ2v) is 12.0. The van der Waals surface area contributed by atoms with Gasteiger partial charge in [0.1, 0.15) is 0 Å². The number of hydrogen-bond acceptors (Lipinski definition) is 4. The average molecular weight is 594 g/mol. The van der Waals surface area contributed by atoms with E-state index in [2.05, 4.69) is 133 Å². The third-order valence-corrected chi connectivity index (χ3v) is 9.09. The summed E-state index contributed by atoms with van der Waals surface area (Å²) in [5.74, 6) is 2.02. The van der Waals surface area contributed by atoms with E-state index in [9.17, 15) is 0 Å². The Morgan fingerprint density at radius 1 is 0.333 bits per heavy atom. The third-order valence-electron chi connectivity index (χ3n) is 7.98. The van der Waals surface area contributed by atoms with Gasteiger partial charge in [-0.25, -0.2) is 15.0 Å². The predicted molar refractivity (Wildman–Crippen MR) is 188 cm³/mol. The van der Waals surface area contributed by atoms with Crippen molar-refractivity contribution < 1.29 is 0 Å². The molecule has 4 heteroatoms. The highest BCUT2D eigenvalue weighted by Gasteiger charge is 2.15. The van der Waals surface area contributed by atoms with Crippen molar-refractivity contribution in [2.45, 2.75) is 0 Å². The maximum atomic E-state index is 4.98. The Morgan fingerprint density at radius 3 is 1.47 bits per heavy atom. The first kappa shape index (κ1) is 26.9. The van der Waals surface area contributed by atoms with Gasteiger partial charge in [-0.05, 0) is 57.0 Å². The van der Waals surface area contributed by atoms with Crippen LogP contribution in [0.15, 0.2) is 164 Å². The standard InChI is InChI=1S/C41H27N3S/c1-4-12-29(13-5-1)35-25-24-33(26-36(35)30-14-6-2-7-15-30)28-20-22-32(23-21-28)40-42-39(31-16-8-3-9-17-31)43-41(44-40)38-27-34-18-10-11-19-37(34)45-38/h1-27H. The lowest BCUT2D eigenvalue weighted by Crippen LogP contribution is -1.99. The Labute approximate surface area is 266 Å². The van der Waals surface area contributed by atoms with E-state index in [4.69, 9.17) is 15.0 Å². The molecule has 0 saturated carbocycles. The molecule has 2 aromatic heterocycles. The van der Waals surface area contributed by atoms with Gasteiger partial charge in [-0.3, -0.25) is 0 Å². The summed E-state index contributed by atoms with van der Waals surface area (Å²) in [6.07, 6.45) is 0. The van der Waals surface area contributed by atoms with Crippen LogP contribution in [-0.2, 0) is 0 Å². The molecule has 2 heterocycles. The lowest BCUT2D eigenvalue weighted by atomic mass is 9.91. The first-order chi connectivity index (χ1) is 22.3. The van der Waals surface area contributed by atoms with E-state index in [0.717, 1.165) is 27.1 Å². The largest absolute Gasteiger partial charge is 0.208 e. The molecule has 6 aromatic carbocycles. The molecule has 0 aliphatic heterocycles. The van der Waals surface area contributed by atoms with Gasteiger partial charge < -0.3 is 0 Å². The molecule has 0 unspecified atom stereocenters. The second kappa shape index (κ2) is 11.8. The summed E-state index contributed by atoms with van der Waals surface area (Å²) in [7, 11) is 0. The zero-order valence-corrected chi connectivity index (χ0v) is 25.2. The molecule has 212 valence electrons. The van der Waals surface area contributed by atoms with E-state index in [1.165, 1.54) is 32.3 Å². The highest BCUT2D eigenvalue weighted by molar-refractivity contribution is 7.22. The van der Waals surface area contributed by atoms with Gasteiger partial charge >= 0.3 is 0 Å². The molecule has 3 nitrogen and oxygen atoms in total. The summed E-state index contributed by atoms with van der Waals surface area (Å²) >= 11 is 1.70. The lowest BCUT2D eigenvalue weighted by Gasteiger charge is -2.13. The van der Waals surface area contributed by atoms with Crippen molar-refractivity contribution in [1.82, 2.24) is 15.0 Å².